The molecule has 0 atom stereocenters. The number of alkyl halides is 3. The minimum atomic E-state index is -4.52. The molecular formula is C19H18F3NO5. The minimum absolute atomic E-state index is 0.115. The number of ether oxygens (including phenoxy) is 2. The first-order valence-electron chi connectivity index (χ1n) is 8.30. The van der Waals surface area contributed by atoms with Gasteiger partial charge in [-0.2, -0.15) is 13.2 Å². The number of nitrogens with one attached hydrogen (secondary N) is 1. The van der Waals surface area contributed by atoms with Crippen molar-refractivity contribution in [3.63, 3.8) is 0 Å². The van der Waals surface area contributed by atoms with Crippen molar-refractivity contribution in [1.82, 2.24) is 4.98 Å². The summed E-state index contributed by atoms with van der Waals surface area (Å²) in [6.45, 7) is 4.34. The number of rotatable bonds is 6. The van der Waals surface area contributed by atoms with Gasteiger partial charge in [-0.3, -0.25) is 4.79 Å². The molecule has 1 heterocycles. The van der Waals surface area contributed by atoms with Gasteiger partial charge in [0.05, 0.1) is 17.7 Å². The number of aromatic nitrogens is 1. The largest absolute Gasteiger partial charge is 0.461 e. The lowest BCUT2D eigenvalue weighted by molar-refractivity contribution is -0.137. The highest BCUT2D eigenvalue weighted by Gasteiger charge is 2.30. The van der Waals surface area contributed by atoms with Crippen molar-refractivity contribution in [2.75, 3.05) is 13.2 Å². The second kappa shape index (κ2) is 8.28. The normalized spacial score (nSPS) is 11.2. The van der Waals surface area contributed by atoms with Gasteiger partial charge in [0, 0.05) is 11.3 Å². The summed E-state index contributed by atoms with van der Waals surface area (Å²) in [6.07, 6.45) is -4.52. The summed E-state index contributed by atoms with van der Waals surface area (Å²) >= 11 is 0. The van der Waals surface area contributed by atoms with Crippen LogP contribution >= 0.6 is 0 Å². The van der Waals surface area contributed by atoms with E-state index in [1.807, 2.05) is 0 Å². The molecule has 0 saturated carbocycles. The van der Waals surface area contributed by atoms with Gasteiger partial charge in [0.2, 0.25) is 5.78 Å². The number of hydrogen-bond donors (Lipinski definition) is 1. The van der Waals surface area contributed by atoms with Crippen LogP contribution in [0, 0.1) is 13.8 Å². The number of halogens is 3. The zero-order valence-corrected chi connectivity index (χ0v) is 15.4. The van der Waals surface area contributed by atoms with Gasteiger partial charge in [0.1, 0.15) is 5.69 Å². The second-order valence-electron chi connectivity index (χ2n) is 5.92. The fraction of sp³-hybridized carbons (Fsp3) is 0.316. The van der Waals surface area contributed by atoms with Crippen molar-refractivity contribution in [1.29, 1.82) is 0 Å². The van der Waals surface area contributed by atoms with E-state index in [9.17, 15) is 27.6 Å². The van der Waals surface area contributed by atoms with Crippen LogP contribution in [0.15, 0.2) is 24.3 Å². The molecule has 0 unspecified atom stereocenters. The van der Waals surface area contributed by atoms with E-state index in [0.29, 0.717) is 11.3 Å². The van der Waals surface area contributed by atoms with Gasteiger partial charge in [-0.25, -0.2) is 9.59 Å². The monoisotopic (exact) mass is 397 g/mol. The van der Waals surface area contributed by atoms with Gasteiger partial charge in [0.25, 0.3) is 0 Å². The Kier molecular flexibility index (Phi) is 6.27. The average molecular weight is 397 g/mol. The number of aromatic amines is 1. The first kappa shape index (κ1) is 21.2. The number of H-pyrrole nitrogens is 1. The molecule has 0 spiro atoms. The zero-order chi connectivity index (χ0) is 21.1. The lowest BCUT2D eigenvalue weighted by Crippen LogP contribution is -2.16. The Balaban J connectivity index is 2.08. The van der Waals surface area contributed by atoms with Crippen LogP contribution < -0.4 is 0 Å². The molecule has 0 aliphatic heterocycles. The topological polar surface area (TPSA) is 85.5 Å². The summed E-state index contributed by atoms with van der Waals surface area (Å²) in [6, 6.07) is 3.46. The van der Waals surface area contributed by atoms with Crippen molar-refractivity contribution in [2.45, 2.75) is 26.9 Å². The summed E-state index contributed by atoms with van der Waals surface area (Å²) in [5, 5.41) is 0. The van der Waals surface area contributed by atoms with Crippen LogP contribution in [-0.4, -0.2) is 35.9 Å². The highest BCUT2D eigenvalue weighted by atomic mass is 19.4. The van der Waals surface area contributed by atoms with Crippen LogP contribution in [0.4, 0.5) is 13.2 Å². The number of hydrogen-bond acceptors (Lipinski definition) is 5. The SMILES string of the molecule is CCOC(=O)c1[nH]c(C)c(C(=O)COC(=O)c2ccc(C(F)(F)F)cc2)c1C. The molecule has 0 aliphatic carbocycles. The van der Waals surface area contributed by atoms with Gasteiger partial charge >= 0.3 is 18.1 Å². The van der Waals surface area contributed by atoms with Gasteiger partial charge in [0.15, 0.2) is 6.61 Å². The Hall–Kier alpha value is -3.10. The summed E-state index contributed by atoms with van der Waals surface area (Å²) < 4.78 is 47.4. The molecule has 0 fully saturated rings. The van der Waals surface area contributed by atoms with Crippen LogP contribution in [0.25, 0.3) is 0 Å². The molecular weight excluding hydrogens is 379 g/mol. The Morgan fingerprint density at radius 2 is 1.61 bits per heavy atom. The molecule has 0 bridgehead atoms. The molecule has 0 saturated heterocycles. The van der Waals surface area contributed by atoms with Crippen molar-refractivity contribution >= 4 is 17.7 Å². The number of carbonyl (C=O) groups is 3. The van der Waals surface area contributed by atoms with Crippen LogP contribution in [0.1, 0.15) is 54.9 Å². The predicted octanol–water partition coefficient (Wildman–Crippen LogP) is 3.87. The molecule has 9 heteroatoms. The Labute approximate surface area is 158 Å². The van der Waals surface area contributed by atoms with E-state index >= 15 is 0 Å². The Morgan fingerprint density at radius 1 is 1.00 bits per heavy atom. The summed E-state index contributed by atoms with van der Waals surface area (Å²) in [5.41, 5.74) is 0.100. The zero-order valence-electron chi connectivity index (χ0n) is 15.4. The van der Waals surface area contributed by atoms with E-state index < -0.39 is 36.1 Å². The summed E-state index contributed by atoms with van der Waals surface area (Å²) in [7, 11) is 0. The van der Waals surface area contributed by atoms with Crippen molar-refractivity contribution in [3.8, 4) is 0 Å². The maximum atomic E-state index is 12.5. The van der Waals surface area contributed by atoms with E-state index in [0.717, 1.165) is 24.3 Å². The quantitative estimate of drug-likeness (QED) is 0.591. The lowest BCUT2D eigenvalue weighted by atomic mass is 10.1. The van der Waals surface area contributed by atoms with E-state index in [2.05, 4.69) is 4.98 Å². The van der Waals surface area contributed by atoms with Gasteiger partial charge < -0.3 is 14.5 Å². The number of benzene rings is 1. The molecule has 28 heavy (non-hydrogen) atoms. The number of ketones is 1. The van der Waals surface area contributed by atoms with E-state index in [-0.39, 0.29) is 23.4 Å². The standard InChI is InChI=1S/C19H18F3NO5/c1-4-27-18(26)16-10(2)15(11(3)23-16)14(24)9-28-17(25)12-5-7-13(8-6-12)19(20,21)22/h5-8,23H,4,9H2,1-3H3. The molecule has 6 nitrogen and oxygen atoms in total. The Bertz CT molecular complexity index is 898. The average Bonchev–Trinajstić information content (AvgIpc) is 2.93. The Morgan fingerprint density at radius 3 is 2.14 bits per heavy atom. The number of carbonyl (C=O) groups excluding carboxylic acids is 3. The first-order chi connectivity index (χ1) is 13.1. The van der Waals surface area contributed by atoms with Crippen molar-refractivity contribution in [2.24, 2.45) is 0 Å². The van der Waals surface area contributed by atoms with Gasteiger partial charge in [-0.1, -0.05) is 0 Å². The maximum absolute atomic E-state index is 12.5. The van der Waals surface area contributed by atoms with Crippen molar-refractivity contribution in [3.05, 3.63) is 57.9 Å². The third kappa shape index (κ3) is 4.59. The molecule has 1 N–H and O–H groups in total. The first-order valence-corrected chi connectivity index (χ1v) is 8.30. The molecule has 0 radical (unpaired) electrons. The number of aryl methyl sites for hydroxylation is 1. The highest BCUT2D eigenvalue weighted by molar-refractivity contribution is 6.04. The predicted molar refractivity (Wildman–Crippen MR) is 92.3 cm³/mol. The van der Waals surface area contributed by atoms with E-state index in [1.54, 1.807) is 20.8 Å². The fourth-order valence-electron chi connectivity index (χ4n) is 2.66. The van der Waals surface area contributed by atoms with Crippen LogP contribution in [0.2, 0.25) is 0 Å². The van der Waals surface area contributed by atoms with Crippen LogP contribution in [0.3, 0.4) is 0 Å². The minimum Gasteiger partial charge on any atom is -0.461 e. The smallest absolute Gasteiger partial charge is 0.416 e. The molecule has 1 aromatic carbocycles. The van der Waals surface area contributed by atoms with E-state index in [4.69, 9.17) is 9.47 Å². The number of esters is 2. The second-order valence-corrected chi connectivity index (χ2v) is 5.92. The van der Waals surface area contributed by atoms with Crippen LogP contribution in [0.5, 0.6) is 0 Å². The molecule has 2 aromatic rings. The third-order valence-corrected chi connectivity index (χ3v) is 3.98. The molecule has 1 aromatic heterocycles. The van der Waals surface area contributed by atoms with Crippen molar-refractivity contribution < 1.29 is 37.0 Å². The van der Waals surface area contributed by atoms with Gasteiger partial charge in [-0.15, -0.1) is 0 Å². The summed E-state index contributed by atoms with van der Waals surface area (Å²) in [5.74, 6) is -2.09. The fourth-order valence-corrected chi connectivity index (χ4v) is 2.66. The van der Waals surface area contributed by atoms with Gasteiger partial charge in [-0.05, 0) is 50.6 Å². The molecule has 0 aliphatic rings. The number of Topliss-reactive ketones (excluding diaryl/α,β-unsaturated/α-hetero) is 1. The third-order valence-electron chi connectivity index (χ3n) is 3.98. The summed E-state index contributed by atoms with van der Waals surface area (Å²) in [4.78, 5) is 39.0. The molecule has 2 rings (SSSR count). The maximum Gasteiger partial charge on any atom is 0.416 e. The molecule has 0 amide bonds. The van der Waals surface area contributed by atoms with Crippen LogP contribution in [-0.2, 0) is 15.7 Å². The lowest BCUT2D eigenvalue weighted by Gasteiger charge is -2.08. The molecule has 150 valence electrons. The van der Waals surface area contributed by atoms with E-state index in [1.165, 1.54) is 0 Å². The highest BCUT2D eigenvalue weighted by Crippen LogP contribution is 2.29.